The lowest BCUT2D eigenvalue weighted by Gasteiger charge is -2.18. The van der Waals surface area contributed by atoms with E-state index in [2.05, 4.69) is 154 Å². The van der Waals surface area contributed by atoms with Crippen LogP contribution in [0.25, 0.3) is 0 Å². The molecule has 0 N–H and O–H groups in total. The highest BCUT2D eigenvalue weighted by Gasteiger charge is 2.19. The highest BCUT2D eigenvalue weighted by Crippen LogP contribution is 2.16. The van der Waals surface area contributed by atoms with Gasteiger partial charge in [0.05, 0.1) is 0 Å². The van der Waals surface area contributed by atoms with E-state index >= 15 is 0 Å². The summed E-state index contributed by atoms with van der Waals surface area (Å²) < 4.78 is 17.0. The Hall–Kier alpha value is -4.45. The molecule has 0 saturated heterocycles. The van der Waals surface area contributed by atoms with Crippen molar-refractivity contribution < 1.29 is 28.6 Å². The summed E-state index contributed by atoms with van der Waals surface area (Å²) in [5, 5.41) is 0. The topological polar surface area (TPSA) is 78.9 Å². The van der Waals surface area contributed by atoms with Gasteiger partial charge in [0.25, 0.3) is 0 Å². The third-order valence-corrected chi connectivity index (χ3v) is 14.6. The van der Waals surface area contributed by atoms with Crippen molar-refractivity contribution in [1.82, 2.24) is 0 Å². The highest BCUT2D eigenvalue weighted by molar-refractivity contribution is 5.71. The second-order valence-electron chi connectivity index (χ2n) is 22.7. The SMILES string of the molecule is CC/C=C\C/C=C\C/C=C\C/C=C\C/C=C\C/C=C\CCCCC(=O)OC(COC(=O)CCCCCCCCCCC/C=C\CCCCCCCC)COC(=O)CCCCCCCCCCCCCC/C=C\C/C=C\C/C=C\C/C=C\CC. The number of carbonyl (C=O) groups is 3. The molecule has 1 unspecified atom stereocenters. The Bertz CT molecular complexity index is 1750. The van der Waals surface area contributed by atoms with Crippen LogP contribution in [0.5, 0.6) is 0 Å². The summed E-state index contributed by atoms with van der Waals surface area (Å²) in [6.45, 7) is 6.40. The van der Waals surface area contributed by atoms with E-state index in [-0.39, 0.29) is 37.5 Å². The van der Waals surface area contributed by atoms with Crippen LogP contribution in [0.15, 0.2) is 134 Å². The molecule has 472 valence electrons. The van der Waals surface area contributed by atoms with Gasteiger partial charge in [0.15, 0.2) is 6.10 Å². The van der Waals surface area contributed by atoms with E-state index in [1.165, 1.54) is 154 Å². The Balaban J connectivity index is 4.45. The minimum Gasteiger partial charge on any atom is -0.462 e. The first-order valence-electron chi connectivity index (χ1n) is 34.7. The number of ether oxygens (including phenoxy) is 3. The normalized spacial score (nSPS) is 13.0. The highest BCUT2D eigenvalue weighted by atomic mass is 16.6. The lowest BCUT2D eigenvalue weighted by molar-refractivity contribution is -0.167. The molecule has 6 nitrogen and oxygen atoms in total. The number of esters is 3. The van der Waals surface area contributed by atoms with Crippen LogP contribution in [-0.2, 0) is 28.6 Å². The number of unbranched alkanes of at least 4 members (excludes halogenated alkanes) is 29. The summed E-state index contributed by atoms with van der Waals surface area (Å²) in [4.78, 5) is 38.5. The number of carbonyl (C=O) groups excluding carboxylic acids is 3. The number of hydrogen-bond acceptors (Lipinski definition) is 6. The van der Waals surface area contributed by atoms with Crippen LogP contribution in [0, 0.1) is 0 Å². The zero-order valence-corrected chi connectivity index (χ0v) is 54.2. The fourth-order valence-electron chi connectivity index (χ4n) is 9.49. The summed E-state index contributed by atoms with van der Waals surface area (Å²) in [6, 6.07) is 0. The minimum atomic E-state index is -0.809. The van der Waals surface area contributed by atoms with Gasteiger partial charge in [-0.25, -0.2) is 0 Å². The first-order valence-corrected chi connectivity index (χ1v) is 34.7. The molecular formula is C77H128O6. The molecule has 6 heteroatoms. The van der Waals surface area contributed by atoms with Gasteiger partial charge in [-0.3, -0.25) is 14.4 Å². The van der Waals surface area contributed by atoms with Crippen molar-refractivity contribution in [3.8, 4) is 0 Å². The van der Waals surface area contributed by atoms with Crippen molar-refractivity contribution in [3.05, 3.63) is 134 Å². The van der Waals surface area contributed by atoms with E-state index < -0.39 is 6.10 Å². The van der Waals surface area contributed by atoms with Gasteiger partial charge in [0.1, 0.15) is 13.2 Å². The van der Waals surface area contributed by atoms with Crippen molar-refractivity contribution >= 4 is 17.9 Å². The molecule has 83 heavy (non-hydrogen) atoms. The fourth-order valence-corrected chi connectivity index (χ4v) is 9.49. The zero-order valence-electron chi connectivity index (χ0n) is 54.2. The Labute approximate surface area is 513 Å². The van der Waals surface area contributed by atoms with Gasteiger partial charge >= 0.3 is 17.9 Å². The van der Waals surface area contributed by atoms with Gasteiger partial charge in [-0.2, -0.15) is 0 Å². The van der Waals surface area contributed by atoms with Crippen LogP contribution < -0.4 is 0 Å². The Kier molecular flexibility index (Phi) is 66.3. The van der Waals surface area contributed by atoms with Crippen LogP contribution in [0.3, 0.4) is 0 Å². The third-order valence-electron chi connectivity index (χ3n) is 14.6. The summed E-state index contributed by atoms with van der Waals surface area (Å²) in [5.41, 5.74) is 0. The maximum Gasteiger partial charge on any atom is 0.306 e. The maximum atomic E-state index is 12.9. The molecule has 0 aromatic rings. The third kappa shape index (κ3) is 68.2. The molecular weight excluding hydrogens is 1020 g/mol. The van der Waals surface area contributed by atoms with Gasteiger partial charge in [0, 0.05) is 19.3 Å². The quantitative estimate of drug-likeness (QED) is 0.0261. The van der Waals surface area contributed by atoms with Gasteiger partial charge in [0.2, 0.25) is 0 Å². The predicted octanol–water partition coefficient (Wildman–Crippen LogP) is 24.1. The van der Waals surface area contributed by atoms with Crippen molar-refractivity contribution in [2.24, 2.45) is 0 Å². The van der Waals surface area contributed by atoms with Crippen LogP contribution in [-0.4, -0.2) is 37.2 Å². The van der Waals surface area contributed by atoms with Crippen LogP contribution >= 0.6 is 0 Å². The predicted molar refractivity (Wildman–Crippen MR) is 362 cm³/mol. The molecule has 0 saturated carbocycles. The molecule has 0 aliphatic heterocycles. The molecule has 0 aromatic heterocycles. The second-order valence-corrected chi connectivity index (χ2v) is 22.7. The van der Waals surface area contributed by atoms with Crippen molar-refractivity contribution in [3.63, 3.8) is 0 Å². The molecule has 0 amide bonds. The first kappa shape index (κ1) is 78.5. The molecule has 0 bridgehead atoms. The maximum absolute atomic E-state index is 12.9. The van der Waals surface area contributed by atoms with E-state index in [1.807, 2.05) is 0 Å². The van der Waals surface area contributed by atoms with E-state index in [0.717, 1.165) is 116 Å². The van der Waals surface area contributed by atoms with E-state index in [4.69, 9.17) is 14.2 Å². The molecule has 0 fully saturated rings. The van der Waals surface area contributed by atoms with Crippen molar-refractivity contribution in [2.75, 3.05) is 13.2 Å². The van der Waals surface area contributed by atoms with E-state index in [1.54, 1.807) is 0 Å². The lowest BCUT2D eigenvalue weighted by Crippen LogP contribution is -2.30. The molecule has 0 heterocycles. The Morgan fingerprint density at radius 2 is 0.470 bits per heavy atom. The smallest absolute Gasteiger partial charge is 0.306 e. The minimum absolute atomic E-state index is 0.0992. The van der Waals surface area contributed by atoms with Gasteiger partial charge in [-0.05, 0) is 135 Å². The molecule has 0 aliphatic carbocycles. The van der Waals surface area contributed by atoms with Gasteiger partial charge < -0.3 is 14.2 Å². The summed E-state index contributed by atoms with van der Waals surface area (Å²) in [5.74, 6) is -0.939. The van der Waals surface area contributed by atoms with E-state index in [9.17, 15) is 14.4 Å². The molecule has 1 atom stereocenters. The standard InChI is InChI=1S/C77H128O6/c1-4-7-10-13-16-19-22-25-28-31-34-36-37-38-39-41-43-46-49-52-55-58-61-64-67-70-76(79)82-73-74(72-81-75(78)69-66-63-60-57-54-51-48-45-42-33-30-27-24-21-18-15-12-9-6-3)83-77(80)71-68-65-62-59-56-53-50-47-44-40-35-32-29-26-23-20-17-14-11-8-5-2/h7-8,10-11,16-17,19-20,25-30,34-36,40,47,50,56,59,74H,4-6,9,12-15,18,21-24,31-33,37-39,41-46,48-49,51-55,57-58,60-73H2,1-3H3/b10-7-,11-8-,19-16-,20-17-,28-25-,29-26-,30-27-,36-34-,40-35-,50-47-,59-56-. The second kappa shape index (κ2) is 70.0. The van der Waals surface area contributed by atoms with Crippen molar-refractivity contribution in [1.29, 1.82) is 0 Å². The summed E-state index contributed by atoms with van der Waals surface area (Å²) in [6.07, 6.45) is 98.9. The Morgan fingerprint density at radius 1 is 0.253 bits per heavy atom. The average Bonchev–Trinajstić information content (AvgIpc) is 3.50. The number of rotatable bonds is 62. The van der Waals surface area contributed by atoms with Crippen LogP contribution in [0.1, 0.15) is 316 Å². The summed E-state index contributed by atoms with van der Waals surface area (Å²) >= 11 is 0. The van der Waals surface area contributed by atoms with Crippen LogP contribution in [0.4, 0.5) is 0 Å². The summed E-state index contributed by atoms with van der Waals surface area (Å²) in [7, 11) is 0. The number of hydrogen-bond donors (Lipinski definition) is 0. The largest absolute Gasteiger partial charge is 0.462 e. The average molecular weight is 1150 g/mol. The van der Waals surface area contributed by atoms with Crippen molar-refractivity contribution in [2.45, 2.75) is 322 Å². The molecule has 0 rings (SSSR count). The Morgan fingerprint density at radius 3 is 0.771 bits per heavy atom. The molecule has 0 spiro atoms. The van der Waals surface area contributed by atoms with E-state index in [0.29, 0.717) is 19.3 Å². The molecule has 0 radical (unpaired) electrons. The molecule has 0 aliphatic rings. The fraction of sp³-hybridized carbons (Fsp3) is 0.675. The van der Waals surface area contributed by atoms with Gasteiger partial charge in [-0.15, -0.1) is 0 Å². The van der Waals surface area contributed by atoms with Crippen LogP contribution in [0.2, 0.25) is 0 Å². The monoisotopic (exact) mass is 1150 g/mol. The number of allylic oxidation sites excluding steroid dienone is 22. The lowest BCUT2D eigenvalue weighted by atomic mass is 10.0. The zero-order chi connectivity index (χ0) is 59.9. The van der Waals surface area contributed by atoms with Gasteiger partial charge in [-0.1, -0.05) is 296 Å². The first-order chi connectivity index (χ1) is 41.0. The molecule has 0 aromatic carbocycles.